The first-order chi connectivity index (χ1) is 11.6. The molecule has 1 aliphatic carbocycles. The molecule has 24 heavy (non-hydrogen) atoms. The minimum Gasteiger partial charge on any atom is -0.372 e. The third-order valence-corrected chi connectivity index (χ3v) is 4.68. The van der Waals surface area contributed by atoms with Crippen LogP contribution < -0.4 is 5.32 Å². The van der Waals surface area contributed by atoms with E-state index in [1.807, 2.05) is 6.07 Å². The van der Waals surface area contributed by atoms with Gasteiger partial charge in [0.05, 0.1) is 23.9 Å². The van der Waals surface area contributed by atoms with Gasteiger partial charge in [-0.05, 0) is 36.6 Å². The molecule has 0 aromatic carbocycles. The van der Waals surface area contributed by atoms with E-state index in [-0.39, 0.29) is 17.3 Å². The minimum absolute atomic E-state index is 0.00713. The normalized spacial score (nSPS) is 21.7. The van der Waals surface area contributed by atoms with Crippen LogP contribution >= 0.6 is 11.6 Å². The Labute approximate surface area is 143 Å². The van der Waals surface area contributed by atoms with Gasteiger partial charge in [0, 0.05) is 18.2 Å². The molecule has 2 aliphatic rings. The summed E-state index contributed by atoms with van der Waals surface area (Å²) in [5, 5.41) is 3.78. The second-order valence-electron chi connectivity index (χ2n) is 6.26. The highest BCUT2D eigenvalue weighted by Crippen LogP contribution is 2.42. The second-order valence-corrected chi connectivity index (χ2v) is 6.64. The van der Waals surface area contributed by atoms with Crippen molar-refractivity contribution in [2.45, 2.75) is 24.5 Å². The third-order valence-electron chi connectivity index (χ3n) is 4.48. The maximum atomic E-state index is 13.6. The number of aromatic nitrogens is 2. The smallest absolute Gasteiger partial charge is 0.214 e. The molecule has 1 saturated carbocycles. The fraction of sp³-hybridized carbons (Fsp3) is 0.353. The number of ether oxygens (including phenoxy) is 1. The number of carbonyl (C=O) groups excluding carboxylic acids is 1. The number of nitrogens with zero attached hydrogens (tertiary/aromatic N) is 2. The third kappa shape index (κ3) is 3.05. The Morgan fingerprint density at radius 3 is 2.79 bits per heavy atom. The maximum Gasteiger partial charge on any atom is 0.214 e. The summed E-state index contributed by atoms with van der Waals surface area (Å²) in [5.74, 6) is -0.729. The van der Waals surface area contributed by atoms with Crippen molar-refractivity contribution in [1.82, 2.24) is 15.3 Å². The predicted octanol–water partition coefficient (Wildman–Crippen LogP) is 2.94. The summed E-state index contributed by atoms with van der Waals surface area (Å²) in [4.78, 5) is 18.6. The van der Waals surface area contributed by atoms with Crippen LogP contribution in [0.3, 0.4) is 0 Å². The molecule has 2 aromatic heterocycles. The molecule has 1 unspecified atom stereocenters. The van der Waals surface area contributed by atoms with Crippen LogP contribution in [0.1, 0.15) is 34.9 Å². The van der Waals surface area contributed by atoms with E-state index in [2.05, 4.69) is 15.3 Å². The van der Waals surface area contributed by atoms with Gasteiger partial charge in [0.2, 0.25) is 5.95 Å². The van der Waals surface area contributed by atoms with Gasteiger partial charge < -0.3 is 10.1 Å². The number of pyridine rings is 2. The Morgan fingerprint density at radius 1 is 1.29 bits per heavy atom. The molecule has 1 aliphatic heterocycles. The van der Waals surface area contributed by atoms with Gasteiger partial charge in [0.1, 0.15) is 10.8 Å². The van der Waals surface area contributed by atoms with E-state index >= 15 is 0 Å². The molecule has 3 heterocycles. The van der Waals surface area contributed by atoms with Crippen LogP contribution in [0.4, 0.5) is 4.39 Å². The van der Waals surface area contributed by atoms with Gasteiger partial charge in [-0.2, -0.15) is 4.39 Å². The standard InChI is InChI=1S/C17H15ClFN3O2/c18-15-5-11(14-8-24-17(1-2-17)9-20-14)4-13(22-15)10-3-12(7-23)21-16(19)6-10/h3-7,14,20H,1-2,8-9H2. The molecule has 5 nitrogen and oxygen atoms in total. The summed E-state index contributed by atoms with van der Waals surface area (Å²) < 4.78 is 19.5. The lowest BCUT2D eigenvalue weighted by atomic mass is 10.0. The van der Waals surface area contributed by atoms with Crippen LogP contribution in [0.25, 0.3) is 11.3 Å². The zero-order valence-electron chi connectivity index (χ0n) is 12.8. The number of nitrogens with one attached hydrogen (secondary N) is 1. The average molecular weight is 348 g/mol. The number of aldehydes is 1. The highest BCUT2D eigenvalue weighted by molar-refractivity contribution is 6.29. The number of halogens is 2. The van der Waals surface area contributed by atoms with Gasteiger partial charge in [0.15, 0.2) is 6.29 Å². The Kier molecular flexibility index (Phi) is 3.83. The Bertz CT molecular complexity index is 800. The zero-order valence-corrected chi connectivity index (χ0v) is 13.5. The molecule has 4 rings (SSSR count). The topological polar surface area (TPSA) is 64.1 Å². The molecule has 0 radical (unpaired) electrons. The van der Waals surface area contributed by atoms with Crippen LogP contribution in [-0.4, -0.2) is 35.0 Å². The quantitative estimate of drug-likeness (QED) is 0.683. The first-order valence-corrected chi connectivity index (χ1v) is 8.13. The predicted molar refractivity (Wildman–Crippen MR) is 86.5 cm³/mol. The molecule has 0 bridgehead atoms. The molecule has 1 saturated heterocycles. The lowest BCUT2D eigenvalue weighted by molar-refractivity contribution is -0.0150. The number of hydrogen-bond donors (Lipinski definition) is 1. The van der Waals surface area contributed by atoms with Gasteiger partial charge >= 0.3 is 0 Å². The molecule has 2 aromatic rings. The van der Waals surface area contributed by atoms with E-state index in [0.717, 1.165) is 24.9 Å². The van der Waals surface area contributed by atoms with E-state index in [0.29, 0.717) is 29.3 Å². The van der Waals surface area contributed by atoms with Crippen LogP contribution in [0.5, 0.6) is 0 Å². The summed E-state index contributed by atoms with van der Waals surface area (Å²) >= 11 is 6.14. The van der Waals surface area contributed by atoms with E-state index < -0.39 is 5.95 Å². The van der Waals surface area contributed by atoms with Gasteiger partial charge in [0.25, 0.3) is 0 Å². The van der Waals surface area contributed by atoms with Crippen molar-refractivity contribution in [1.29, 1.82) is 0 Å². The highest BCUT2D eigenvalue weighted by Gasteiger charge is 2.46. The van der Waals surface area contributed by atoms with Crippen molar-refractivity contribution in [3.8, 4) is 11.3 Å². The molecule has 124 valence electrons. The summed E-state index contributed by atoms with van der Waals surface area (Å²) in [6.07, 6.45) is 2.70. The van der Waals surface area contributed by atoms with Crippen LogP contribution in [0.2, 0.25) is 5.15 Å². The fourth-order valence-corrected chi connectivity index (χ4v) is 3.16. The second kappa shape index (κ2) is 5.88. The minimum atomic E-state index is -0.729. The van der Waals surface area contributed by atoms with Gasteiger partial charge in [-0.15, -0.1) is 0 Å². The van der Waals surface area contributed by atoms with Crippen molar-refractivity contribution in [2.75, 3.05) is 13.2 Å². The van der Waals surface area contributed by atoms with Crippen LogP contribution in [-0.2, 0) is 4.74 Å². The van der Waals surface area contributed by atoms with E-state index in [9.17, 15) is 9.18 Å². The molecular weight excluding hydrogens is 333 g/mol. The van der Waals surface area contributed by atoms with Gasteiger partial charge in [-0.3, -0.25) is 4.79 Å². The Morgan fingerprint density at radius 2 is 2.12 bits per heavy atom. The summed E-state index contributed by atoms with van der Waals surface area (Å²) in [7, 11) is 0. The number of carbonyl (C=O) groups is 1. The van der Waals surface area contributed by atoms with Crippen molar-refractivity contribution in [3.63, 3.8) is 0 Å². The SMILES string of the molecule is O=Cc1cc(-c2cc(C3COC4(CC4)CN3)cc(Cl)n2)cc(F)n1. The van der Waals surface area contributed by atoms with Crippen LogP contribution in [0.15, 0.2) is 24.3 Å². The largest absolute Gasteiger partial charge is 0.372 e. The van der Waals surface area contributed by atoms with Crippen molar-refractivity contribution < 1.29 is 13.9 Å². The first kappa shape index (κ1) is 15.6. The summed E-state index contributed by atoms with van der Waals surface area (Å²) in [6.45, 7) is 1.37. The molecule has 1 spiro atoms. The van der Waals surface area contributed by atoms with Crippen LogP contribution in [0, 0.1) is 5.95 Å². The Hall–Kier alpha value is -1.89. The Balaban J connectivity index is 1.66. The van der Waals surface area contributed by atoms with Gasteiger partial charge in [-0.1, -0.05) is 11.6 Å². The first-order valence-electron chi connectivity index (χ1n) is 7.75. The van der Waals surface area contributed by atoms with E-state index in [4.69, 9.17) is 16.3 Å². The van der Waals surface area contributed by atoms with Crippen molar-refractivity contribution in [3.05, 3.63) is 46.6 Å². The molecule has 1 atom stereocenters. The van der Waals surface area contributed by atoms with E-state index in [1.165, 1.54) is 12.1 Å². The zero-order chi connectivity index (χ0) is 16.7. The molecule has 0 amide bonds. The molecule has 7 heteroatoms. The molecule has 2 fully saturated rings. The summed E-state index contributed by atoms with van der Waals surface area (Å²) in [5.41, 5.74) is 1.93. The monoisotopic (exact) mass is 347 g/mol. The highest BCUT2D eigenvalue weighted by atomic mass is 35.5. The maximum absolute atomic E-state index is 13.6. The fourth-order valence-electron chi connectivity index (χ4n) is 2.95. The number of morpholine rings is 1. The van der Waals surface area contributed by atoms with Crippen molar-refractivity contribution in [2.24, 2.45) is 0 Å². The molecule has 1 N–H and O–H groups in total. The van der Waals surface area contributed by atoms with E-state index in [1.54, 1.807) is 6.07 Å². The lowest BCUT2D eigenvalue weighted by Gasteiger charge is -2.31. The summed E-state index contributed by atoms with van der Waals surface area (Å²) in [6, 6.07) is 6.34. The van der Waals surface area contributed by atoms with Crippen molar-refractivity contribution >= 4 is 17.9 Å². The average Bonchev–Trinajstić information content (AvgIpc) is 3.33. The molecular formula is C17H15ClFN3O2. The number of hydrogen-bond acceptors (Lipinski definition) is 5. The number of rotatable bonds is 3. The lowest BCUT2D eigenvalue weighted by Crippen LogP contribution is -2.42. The van der Waals surface area contributed by atoms with Gasteiger partial charge in [-0.25, -0.2) is 9.97 Å².